The summed E-state index contributed by atoms with van der Waals surface area (Å²) in [5, 5.41) is 0. The van der Waals surface area contributed by atoms with Gasteiger partial charge < -0.3 is 4.90 Å². The first-order chi connectivity index (χ1) is 14.0. The molecule has 1 amide bonds. The second kappa shape index (κ2) is 8.28. The van der Waals surface area contributed by atoms with Gasteiger partial charge >= 0.3 is 0 Å². The smallest absolute Gasteiger partial charge is 0.240 e. The standard InChI is InChI=1S/C23H28N2O3S/c1-25(22-13-11-18-7-4-5-9-21(18)22)23(26)14-15-24-29(27,28)20-12-10-17-6-2-3-8-19(17)16-20/h4-5,7,9-10,12,16,22,24H,2-3,6,8,11,13-15H2,1H3. The summed E-state index contributed by atoms with van der Waals surface area (Å²) < 4.78 is 27.9. The topological polar surface area (TPSA) is 66.5 Å². The van der Waals surface area contributed by atoms with Crippen LogP contribution in [0.5, 0.6) is 0 Å². The highest BCUT2D eigenvalue weighted by atomic mass is 32.2. The molecule has 2 aromatic rings. The summed E-state index contributed by atoms with van der Waals surface area (Å²) in [5.74, 6) is -0.0418. The number of carbonyl (C=O) groups is 1. The van der Waals surface area contributed by atoms with E-state index in [1.807, 2.05) is 25.2 Å². The number of nitrogens with zero attached hydrogens (tertiary/aromatic N) is 1. The first kappa shape index (κ1) is 20.1. The van der Waals surface area contributed by atoms with Gasteiger partial charge in [-0.1, -0.05) is 30.3 Å². The van der Waals surface area contributed by atoms with Gasteiger partial charge in [-0.3, -0.25) is 4.79 Å². The zero-order chi connectivity index (χ0) is 20.4. The normalized spacial score (nSPS) is 18.2. The van der Waals surface area contributed by atoms with Gasteiger partial charge in [-0.05, 0) is 72.9 Å². The van der Waals surface area contributed by atoms with Gasteiger partial charge in [-0.25, -0.2) is 13.1 Å². The fourth-order valence-corrected chi connectivity index (χ4v) is 5.62. The third-order valence-electron chi connectivity index (χ3n) is 6.22. The Morgan fingerprint density at radius 3 is 2.62 bits per heavy atom. The highest BCUT2D eigenvalue weighted by molar-refractivity contribution is 7.89. The van der Waals surface area contributed by atoms with Crippen molar-refractivity contribution in [1.29, 1.82) is 0 Å². The molecule has 1 unspecified atom stereocenters. The van der Waals surface area contributed by atoms with Crippen LogP contribution in [0.4, 0.5) is 0 Å². The average molecular weight is 413 g/mol. The van der Waals surface area contributed by atoms with E-state index >= 15 is 0 Å². The quantitative estimate of drug-likeness (QED) is 0.791. The number of hydrogen-bond acceptors (Lipinski definition) is 3. The number of benzene rings is 2. The van der Waals surface area contributed by atoms with E-state index in [4.69, 9.17) is 0 Å². The van der Waals surface area contributed by atoms with Crippen molar-refractivity contribution in [3.63, 3.8) is 0 Å². The van der Waals surface area contributed by atoms with Crippen LogP contribution in [0.15, 0.2) is 47.4 Å². The van der Waals surface area contributed by atoms with Gasteiger partial charge in [-0.15, -0.1) is 0 Å². The first-order valence-corrected chi connectivity index (χ1v) is 11.9. The molecule has 0 saturated carbocycles. The predicted molar refractivity (Wildman–Crippen MR) is 113 cm³/mol. The summed E-state index contributed by atoms with van der Waals surface area (Å²) in [7, 11) is -1.79. The minimum absolute atomic E-state index is 0.0418. The van der Waals surface area contributed by atoms with Crippen LogP contribution in [-0.2, 0) is 34.1 Å². The summed E-state index contributed by atoms with van der Waals surface area (Å²) in [6.07, 6.45) is 6.28. The van der Waals surface area contributed by atoms with Crippen molar-refractivity contribution in [2.75, 3.05) is 13.6 Å². The molecule has 0 bridgehead atoms. The van der Waals surface area contributed by atoms with Crippen LogP contribution in [0.1, 0.15) is 54.0 Å². The maximum Gasteiger partial charge on any atom is 0.240 e. The van der Waals surface area contributed by atoms with Gasteiger partial charge in [-0.2, -0.15) is 0 Å². The highest BCUT2D eigenvalue weighted by Crippen LogP contribution is 2.35. The summed E-state index contributed by atoms with van der Waals surface area (Å²) in [6.45, 7) is 0.108. The van der Waals surface area contributed by atoms with Gasteiger partial charge in [0.2, 0.25) is 15.9 Å². The Labute approximate surface area is 173 Å². The molecule has 4 rings (SSSR count). The predicted octanol–water partition coefficient (Wildman–Crippen LogP) is 3.38. The van der Waals surface area contributed by atoms with Crippen LogP contribution < -0.4 is 4.72 Å². The molecule has 0 fully saturated rings. The number of nitrogens with one attached hydrogen (secondary N) is 1. The molecular formula is C23H28N2O3S. The van der Waals surface area contributed by atoms with Crippen LogP contribution in [0.2, 0.25) is 0 Å². The zero-order valence-electron chi connectivity index (χ0n) is 16.9. The van der Waals surface area contributed by atoms with Crippen LogP contribution in [0, 0.1) is 0 Å². The van der Waals surface area contributed by atoms with Crippen molar-refractivity contribution in [1.82, 2.24) is 9.62 Å². The van der Waals surface area contributed by atoms with Crippen molar-refractivity contribution in [2.45, 2.75) is 55.9 Å². The van der Waals surface area contributed by atoms with Crippen LogP contribution >= 0.6 is 0 Å². The van der Waals surface area contributed by atoms with Crippen molar-refractivity contribution in [2.24, 2.45) is 0 Å². The number of sulfonamides is 1. The number of rotatable bonds is 6. The minimum atomic E-state index is -3.60. The Hall–Kier alpha value is -2.18. The molecule has 2 aromatic carbocycles. The molecule has 0 heterocycles. The van der Waals surface area contributed by atoms with Gasteiger partial charge in [0.25, 0.3) is 0 Å². The van der Waals surface area contributed by atoms with E-state index in [2.05, 4.69) is 16.9 Å². The Morgan fingerprint density at radius 1 is 1.03 bits per heavy atom. The van der Waals surface area contributed by atoms with Crippen molar-refractivity contribution in [3.8, 4) is 0 Å². The molecule has 1 atom stereocenters. The molecule has 0 saturated heterocycles. The summed E-state index contributed by atoms with van der Waals surface area (Å²) in [4.78, 5) is 14.7. The molecular weight excluding hydrogens is 384 g/mol. The fraction of sp³-hybridized carbons (Fsp3) is 0.435. The lowest BCUT2D eigenvalue weighted by Crippen LogP contribution is -2.34. The zero-order valence-corrected chi connectivity index (χ0v) is 17.7. The second-order valence-corrected chi connectivity index (χ2v) is 9.81. The Morgan fingerprint density at radius 2 is 1.79 bits per heavy atom. The van der Waals surface area contributed by atoms with E-state index in [-0.39, 0.29) is 24.9 Å². The van der Waals surface area contributed by atoms with E-state index < -0.39 is 10.0 Å². The number of hydrogen-bond donors (Lipinski definition) is 1. The van der Waals surface area contributed by atoms with Gasteiger partial charge in [0.05, 0.1) is 10.9 Å². The van der Waals surface area contributed by atoms with E-state index in [9.17, 15) is 13.2 Å². The number of amides is 1. The Balaban J connectivity index is 1.35. The molecule has 6 heteroatoms. The number of carbonyl (C=O) groups excluding carboxylic acids is 1. The third kappa shape index (κ3) is 4.23. The molecule has 2 aliphatic carbocycles. The lowest BCUT2D eigenvalue weighted by molar-refractivity contribution is -0.131. The second-order valence-electron chi connectivity index (χ2n) is 8.04. The van der Waals surface area contributed by atoms with Gasteiger partial charge in [0.15, 0.2) is 0 Å². The fourth-order valence-electron chi connectivity index (χ4n) is 4.54. The first-order valence-electron chi connectivity index (χ1n) is 10.4. The number of aryl methyl sites for hydroxylation is 3. The van der Waals surface area contributed by atoms with Crippen LogP contribution in [0.25, 0.3) is 0 Å². The highest BCUT2D eigenvalue weighted by Gasteiger charge is 2.28. The molecule has 0 spiro atoms. The summed E-state index contributed by atoms with van der Waals surface area (Å²) in [6, 6.07) is 13.7. The Kier molecular flexibility index (Phi) is 5.74. The van der Waals surface area contributed by atoms with E-state index in [1.54, 1.807) is 17.0 Å². The molecule has 5 nitrogen and oxygen atoms in total. The third-order valence-corrected chi connectivity index (χ3v) is 7.68. The molecule has 0 aliphatic heterocycles. The average Bonchev–Trinajstić information content (AvgIpc) is 3.16. The number of fused-ring (bicyclic) bond motifs is 2. The van der Waals surface area contributed by atoms with E-state index in [1.165, 1.54) is 23.1 Å². The van der Waals surface area contributed by atoms with E-state index in [0.29, 0.717) is 4.90 Å². The molecule has 29 heavy (non-hydrogen) atoms. The van der Waals surface area contributed by atoms with Gasteiger partial charge in [0, 0.05) is 20.0 Å². The van der Waals surface area contributed by atoms with Crippen LogP contribution in [0.3, 0.4) is 0 Å². The summed E-state index contributed by atoms with van der Waals surface area (Å²) >= 11 is 0. The van der Waals surface area contributed by atoms with Crippen molar-refractivity contribution < 1.29 is 13.2 Å². The van der Waals surface area contributed by atoms with Crippen molar-refractivity contribution >= 4 is 15.9 Å². The minimum Gasteiger partial charge on any atom is -0.339 e. The molecule has 2 aliphatic rings. The molecule has 0 radical (unpaired) electrons. The molecule has 0 aromatic heterocycles. The monoisotopic (exact) mass is 412 g/mol. The maximum absolute atomic E-state index is 12.7. The Bertz CT molecular complexity index is 1020. The van der Waals surface area contributed by atoms with E-state index in [0.717, 1.165) is 37.7 Å². The lowest BCUT2D eigenvalue weighted by Gasteiger charge is -2.25. The van der Waals surface area contributed by atoms with Crippen molar-refractivity contribution in [3.05, 3.63) is 64.7 Å². The molecule has 1 N–H and O–H groups in total. The van der Waals surface area contributed by atoms with Gasteiger partial charge in [0.1, 0.15) is 0 Å². The lowest BCUT2D eigenvalue weighted by atomic mass is 9.92. The largest absolute Gasteiger partial charge is 0.339 e. The summed E-state index contributed by atoms with van der Waals surface area (Å²) in [5.41, 5.74) is 4.89. The maximum atomic E-state index is 12.7. The SMILES string of the molecule is CN(C(=O)CCNS(=O)(=O)c1ccc2c(c1)CCCC2)C1CCc2ccccc21. The molecule has 154 valence electrons. The van der Waals surface area contributed by atoms with Crippen LogP contribution in [-0.4, -0.2) is 32.8 Å².